The van der Waals surface area contributed by atoms with Gasteiger partial charge in [-0.1, -0.05) is 13.3 Å². The SMILES string of the molecule is CCC[C@]1(CCNC(=O)OC(C)(C)C)OCCc2ccsc21. The van der Waals surface area contributed by atoms with Crippen molar-refractivity contribution in [2.24, 2.45) is 0 Å². The van der Waals surface area contributed by atoms with Crippen LogP contribution in [0.5, 0.6) is 0 Å². The van der Waals surface area contributed by atoms with E-state index in [0.29, 0.717) is 6.54 Å². The number of carbonyl (C=O) groups excluding carboxylic acids is 1. The van der Waals surface area contributed by atoms with Crippen LogP contribution < -0.4 is 5.32 Å². The molecule has 1 atom stereocenters. The summed E-state index contributed by atoms with van der Waals surface area (Å²) < 4.78 is 11.5. The van der Waals surface area contributed by atoms with Gasteiger partial charge in [-0.3, -0.25) is 0 Å². The maximum Gasteiger partial charge on any atom is 0.407 e. The first-order valence-electron chi connectivity index (χ1n) is 8.04. The Morgan fingerprint density at radius 3 is 2.91 bits per heavy atom. The zero-order chi connectivity index (χ0) is 16.2. The van der Waals surface area contributed by atoms with Crippen molar-refractivity contribution in [3.63, 3.8) is 0 Å². The van der Waals surface area contributed by atoms with Crippen LogP contribution in [0.1, 0.15) is 57.4 Å². The maximum absolute atomic E-state index is 11.8. The van der Waals surface area contributed by atoms with E-state index >= 15 is 0 Å². The van der Waals surface area contributed by atoms with Gasteiger partial charge in [0.1, 0.15) is 11.2 Å². The maximum atomic E-state index is 11.8. The topological polar surface area (TPSA) is 47.6 Å². The van der Waals surface area contributed by atoms with Crippen LogP contribution in [0.4, 0.5) is 4.79 Å². The van der Waals surface area contributed by atoms with E-state index in [2.05, 4.69) is 23.7 Å². The van der Waals surface area contributed by atoms with Gasteiger partial charge in [0.25, 0.3) is 0 Å². The molecule has 0 bridgehead atoms. The third kappa shape index (κ3) is 4.23. The quantitative estimate of drug-likeness (QED) is 0.881. The van der Waals surface area contributed by atoms with Crippen molar-refractivity contribution in [3.05, 3.63) is 21.9 Å². The Labute approximate surface area is 137 Å². The van der Waals surface area contributed by atoms with Gasteiger partial charge in [-0.25, -0.2) is 4.79 Å². The Balaban J connectivity index is 1.98. The van der Waals surface area contributed by atoms with Crippen LogP contribution in [0.15, 0.2) is 11.4 Å². The summed E-state index contributed by atoms with van der Waals surface area (Å²) in [5.74, 6) is 0. The highest BCUT2D eigenvalue weighted by atomic mass is 32.1. The fourth-order valence-corrected chi connectivity index (χ4v) is 4.10. The van der Waals surface area contributed by atoms with Crippen LogP contribution in [0.25, 0.3) is 0 Å². The van der Waals surface area contributed by atoms with Gasteiger partial charge in [0.05, 0.1) is 6.61 Å². The largest absolute Gasteiger partial charge is 0.444 e. The molecule has 4 nitrogen and oxygen atoms in total. The highest BCUT2D eigenvalue weighted by Gasteiger charge is 2.38. The highest BCUT2D eigenvalue weighted by molar-refractivity contribution is 7.10. The van der Waals surface area contributed by atoms with Crippen molar-refractivity contribution in [1.29, 1.82) is 0 Å². The minimum absolute atomic E-state index is 0.245. The van der Waals surface area contributed by atoms with Gasteiger partial charge in [0, 0.05) is 11.4 Å². The van der Waals surface area contributed by atoms with Crippen LogP contribution in [0.2, 0.25) is 0 Å². The number of hydrogen-bond acceptors (Lipinski definition) is 4. The molecule has 1 aliphatic heterocycles. The fourth-order valence-electron chi connectivity index (χ4n) is 2.94. The number of alkyl carbamates (subject to hydrolysis) is 1. The second kappa shape index (κ2) is 7.01. The molecule has 1 N–H and O–H groups in total. The summed E-state index contributed by atoms with van der Waals surface area (Å²) >= 11 is 1.77. The second-order valence-electron chi connectivity index (χ2n) is 6.80. The molecule has 0 saturated carbocycles. The first kappa shape index (κ1) is 17.3. The van der Waals surface area contributed by atoms with Crippen molar-refractivity contribution in [2.45, 2.75) is 64.6 Å². The van der Waals surface area contributed by atoms with Crippen molar-refractivity contribution < 1.29 is 14.3 Å². The normalized spacial score (nSPS) is 21.3. The zero-order valence-electron chi connectivity index (χ0n) is 14.0. The molecule has 1 aromatic heterocycles. The van der Waals surface area contributed by atoms with Gasteiger partial charge in [0.15, 0.2) is 0 Å². The summed E-state index contributed by atoms with van der Waals surface area (Å²) in [5, 5.41) is 5.00. The van der Waals surface area contributed by atoms with E-state index in [1.54, 1.807) is 11.3 Å². The first-order valence-corrected chi connectivity index (χ1v) is 8.92. The summed E-state index contributed by atoms with van der Waals surface area (Å²) in [6.45, 7) is 9.10. The third-order valence-corrected chi connectivity index (χ3v) is 4.90. The number of amides is 1. The van der Waals surface area contributed by atoms with E-state index in [9.17, 15) is 4.79 Å². The summed E-state index contributed by atoms with van der Waals surface area (Å²) in [6, 6.07) is 2.20. The standard InChI is InChI=1S/C17H27NO3S/c1-5-8-17(9-10-18-15(19)21-16(2,3)4)14-13(6-11-20-17)7-12-22-14/h7,12H,5-6,8-11H2,1-4H3,(H,18,19)/t17-/m1/s1. The van der Waals surface area contributed by atoms with Crippen molar-refractivity contribution in [2.75, 3.05) is 13.2 Å². The van der Waals surface area contributed by atoms with Crippen LogP contribution in [0.3, 0.4) is 0 Å². The predicted octanol–water partition coefficient (Wildman–Crippen LogP) is 4.23. The van der Waals surface area contributed by atoms with Crippen molar-refractivity contribution in [3.8, 4) is 0 Å². The van der Waals surface area contributed by atoms with E-state index in [-0.39, 0.29) is 11.7 Å². The molecular formula is C17H27NO3S. The number of fused-ring (bicyclic) bond motifs is 1. The molecular weight excluding hydrogens is 298 g/mol. The van der Waals surface area contributed by atoms with E-state index in [4.69, 9.17) is 9.47 Å². The molecule has 0 saturated heterocycles. The lowest BCUT2D eigenvalue weighted by Gasteiger charge is -2.37. The van der Waals surface area contributed by atoms with Crippen LogP contribution >= 0.6 is 11.3 Å². The molecule has 124 valence electrons. The van der Waals surface area contributed by atoms with E-state index in [0.717, 1.165) is 32.3 Å². The van der Waals surface area contributed by atoms with Crippen LogP contribution in [-0.4, -0.2) is 24.8 Å². The fraction of sp³-hybridized carbons (Fsp3) is 0.706. The van der Waals surface area contributed by atoms with E-state index in [1.165, 1.54) is 10.4 Å². The monoisotopic (exact) mass is 325 g/mol. The molecule has 0 aromatic carbocycles. The molecule has 0 fully saturated rings. The van der Waals surface area contributed by atoms with Gasteiger partial charge in [-0.2, -0.15) is 0 Å². The Morgan fingerprint density at radius 1 is 1.45 bits per heavy atom. The van der Waals surface area contributed by atoms with Gasteiger partial charge in [-0.05, 0) is 57.0 Å². The number of ether oxygens (including phenoxy) is 2. The average molecular weight is 325 g/mol. The lowest BCUT2D eigenvalue weighted by molar-refractivity contribution is -0.0694. The van der Waals surface area contributed by atoms with Crippen LogP contribution in [-0.2, 0) is 21.5 Å². The lowest BCUT2D eigenvalue weighted by Crippen LogP contribution is -2.39. The number of hydrogen-bond donors (Lipinski definition) is 1. The summed E-state index contributed by atoms with van der Waals surface area (Å²) in [4.78, 5) is 13.1. The Hall–Kier alpha value is -1.07. The molecule has 22 heavy (non-hydrogen) atoms. The Morgan fingerprint density at radius 2 is 2.23 bits per heavy atom. The molecule has 2 heterocycles. The van der Waals surface area contributed by atoms with E-state index < -0.39 is 5.60 Å². The smallest absolute Gasteiger partial charge is 0.407 e. The molecule has 1 aliphatic rings. The van der Waals surface area contributed by atoms with E-state index in [1.807, 2.05) is 20.8 Å². The minimum atomic E-state index is -0.465. The Bertz CT molecular complexity index is 506. The minimum Gasteiger partial charge on any atom is -0.444 e. The lowest BCUT2D eigenvalue weighted by atomic mass is 9.87. The highest BCUT2D eigenvalue weighted by Crippen LogP contribution is 2.42. The Kier molecular flexibility index (Phi) is 5.50. The number of thiophene rings is 1. The molecule has 0 unspecified atom stereocenters. The van der Waals surface area contributed by atoms with Gasteiger partial charge >= 0.3 is 6.09 Å². The molecule has 0 radical (unpaired) electrons. The zero-order valence-corrected chi connectivity index (χ0v) is 14.8. The molecule has 0 spiro atoms. The molecule has 1 amide bonds. The first-order chi connectivity index (χ1) is 10.4. The molecule has 1 aromatic rings. The summed E-state index contributed by atoms with van der Waals surface area (Å²) in [5.41, 5.74) is 0.695. The summed E-state index contributed by atoms with van der Waals surface area (Å²) in [7, 11) is 0. The summed E-state index contributed by atoms with van der Waals surface area (Å²) in [6.07, 6.45) is 3.46. The van der Waals surface area contributed by atoms with Gasteiger partial charge in [-0.15, -0.1) is 11.3 Å². The number of nitrogens with one attached hydrogen (secondary N) is 1. The molecule has 2 rings (SSSR count). The van der Waals surface area contributed by atoms with Crippen LogP contribution in [0, 0.1) is 0 Å². The average Bonchev–Trinajstić information content (AvgIpc) is 2.87. The van der Waals surface area contributed by atoms with Gasteiger partial charge in [0.2, 0.25) is 0 Å². The van der Waals surface area contributed by atoms with Gasteiger partial charge < -0.3 is 14.8 Å². The second-order valence-corrected chi connectivity index (χ2v) is 7.71. The van der Waals surface area contributed by atoms with Crippen molar-refractivity contribution >= 4 is 17.4 Å². The third-order valence-electron chi connectivity index (χ3n) is 3.76. The van der Waals surface area contributed by atoms with Crippen molar-refractivity contribution in [1.82, 2.24) is 5.32 Å². The molecule has 0 aliphatic carbocycles. The number of carbonyl (C=O) groups is 1. The number of rotatable bonds is 5. The predicted molar refractivity (Wildman–Crippen MR) is 89.4 cm³/mol. The molecule has 5 heteroatoms.